The molecular formula is C23H27N5. The Hall–Kier alpha value is -2.79. The van der Waals surface area contributed by atoms with Crippen molar-refractivity contribution in [2.75, 3.05) is 13.1 Å². The molecule has 0 N–H and O–H groups in total. The van der Waals surface area contributed by atoms with Gasteiger partial charge >= 0.3 is 0 Å². The average molecular weight is 374 g/mol. The maximum absolute atomic E-state index is 4.92. The largest absolute Gasteiger partial charge is 0.296 e. The predicted octanol–water partition coefficient (Wildman–Crippen LogP) is 4.24. The number of aliphatic imine (C=N–C) groups is 1. The lowest BCUT2D eigenvalue weighted by molar-refractivity contribution is 0.258. The molecule has 0 atom stereocenters. The van der Waals surface area contributed by atoms with E-state index in [1.807, 2.05) is 6.07 Å². The zero-order valence-corrected chi connectivity index (χ0v) is 16.7. The van der Waals surface area contributed by atoms with Crippen LogP contribution >= 0.6 is 0 Å². The monoisotopic (exact) mass is 373 g/mol. The summed E-state index contributed by atoms with van der Waals surface area (Å²) >= 11 is 0. The number of hydrogen-bond acceptors (Lipinski definition) is 4. The van der Waals surface area contributed by atoms with Crippen molar-refractivity contribution in [3.63, 3.8) is 0 Å². The molecular weight excluding hydrogens is 346 g/mol. The summed E-state index contributed by atoms with van der Waals surface area (Å²) < 4.78 is 2.22. The molecule has 0 radical (unpaired) electrons. The lowest BCUT2D eigenvalue weighted by Gasteiger charge is -2.21. The van der Waals surface area contributed by atoms with E-state index in [9.17, 15) is 0 Å². The Balaban J connectivity index is 1.77. The highest BCUT2D eigenvalue weighted by Crippen LogP contribution is 2.26. The molecule has 0 aliphatic carbocycles. The van der Waals surface area contributed by atoms with Crippen LogP contribution in [-0.4, -0.2) is 38.5 Å². The normalized spacial score (nSPS) is 13.0. The van der Waals surface area contributed by atoms with Crippen molar-refractivity contribution in [2.45, 2.75) is 39.8 Å². The number of fused-ring (bicyclic) bond motifs is 3. The van der Waals surface area contributed by atoms with Gasteiger partial charge in [0.1, 0.15) is 6.54 Å². The van der Waals surface area contributed by atoms with Crippen molar-refractivity contribution in [2.24, 2.45) is 4.99 Å². The number of rotatable bonds is 7. The van der Waals surface area contributed by atoms with Gasteiger partial charge in [0.2, 0.25) is 0 Å². The van der Waals surface area contributed by atoms with Crippen molar-refractivity contribution < 1.29 is 0 Å². The van der Waals surface area contributed by atoms with Crippen LogP contribution in [0.5, 0.6) is 0 Å². The Morgan fingerprint density at radius 3 is 2.36 bits per heavy atom. The SMILES string of the molecule is CCCN(CCC)Cc1nnc2n1-c1ccccc1C(c1ccccc1)=NC2. The van der Waals surface area contributed by atoms with Gasteiger partial charge in [-0.1, -0.05) is 62.4 Å². The number of para-hydroxylation sites is 1. The van der Waals surface area contributed by atoms with E-state index in [1.54, 1.807) is 0 Å². The van der Waals surface area contributed by atoms with Crippen molar-refractivity contribution in [1.29, 1.82) is 0 Å². The summed E-state index contributed by atoms with van der Waals surface area (Å²) in [5.41, 5.74) is 4.40. The second-order valence-corrected chi connectivity index (χ2v) is 7.19. The molecule has 144 valence electrons. The highest BCUT2D eigenvalue weighted by Gasteiger charge is 2.23. The lowest BCUT2D eigenvalue weighted by Crippen LogP contribution is -2.26. The molecule has 0 bridgehead atoms. The van der Waals surface area contributed by atoms with Gasteiger partial charge in [-0.15, -0.1) is 10.2 Å². The van der Waals surface area contributed by atoms with E-state index in [0.717, 1.165) is 66.7 Å². The van der Waals surface area contributed by atoms with E-state index in [-0.39, 0.29) is 0 Å². The van der Waals surface area contributed by atoms with Crippen LogP contribution in [0, 0.1) is 0 Å². The Morgan fingerprint density at radius 1 is 0.893 bits per heavy atom. The topological polar surface area (TPSA) is 46.3 Å². The molecule has 1 aromatic heterocycles. The van der Waals surface area contributed by atoms with E-state index < -0.39 is 0 Å². The molecule has 5 nitrogen and oxygen atoms in total. The maximum atomic E-state index is 4.92. The van der Waals surface area contributed by atoms with Gasteiger partial charge in [0, 0.05) is 11.1 Å². The summed E-state index contributed by atoms with van der Waals surface area (Å²) in [6.45, 7) is 7.94. The molecule has 0 saturated heterocycles. The third-order valence-electron chi connectivity index (χ3n) is 5.07. The smallest absolute Gasteiger partial charge is 0.159 e. The Labute approximate surface area is 166 Å². The van der Waals surface area contributed by atoms with Gasteiger partial charge in [-0.25, -0.2) is 0 Å². The number of benzene rings is 2. The standard InChI is InChI=1S/C23H27N5/c1-3-14-27(15-4-2)17-22-26-25-21-16-24-23(18-10-6-5-7-11-18)19-12-8-9-13-20(19)28(21)22/h5-13H,3-4,14-17H2,1-2H3. The summed E-state index contributed by atoms with van der Waals surface area (Å²) in [6.07, 6.45) is 2.28. The first-order valence-electron chi connectivity index (χ1n) is 10.2. The average Bonchev–Trinajstić information content (AvgIpc) is 3.04. The Morgan fingerprint density at radius 2 is 1.61 bits per heavy atom. The first-order valence-corrected chi connectivity index (χ1v) is 10.2. The van der Waals surface area contributed by atoms with Gasteiger partial charge in [0.15, 0.2) is 11.6 Å². The minimum atomic E-state index is 0.535. The van der Waals surface area contributed by atoms with Crippen LogP contribution in [0.3, 0.4) is 0 Å². The first-order chi connectivity index (χ1) is 13.8. The number of hydrogen-bond donors (Lipinski definition) is 0. The summed E-state index contributed by atoms with van der Waals surface area (Å²) in [5, 5.41) is 9.04. The van der Waals surface area contributed by atoms with E-state index in [4.69, 9.17) is 4.99 Å². The fourth-order valence-corrected chi connectivity index (χ4v) is 3.89. The van der Waals surface area contributed by atoms with Crippen LogP contribution in [0.25, 0.3) is 5.69 Å². The van der Waals surface area contributed by atoms with E-state index >= 15 is 0 Å². The second kappa shape index (κ2) is 8.48. The van der Waals surface area contributed by atoms with Gasteiger partial charge in [0.25, 0.3) is 0 Å². The van der Waals surface area contributed by atoms with E-state index in [2.05, 4.69) is 82.0 Å². The molecule has 3 aromatic rings. The highest BCUT2D eigenvalue weighted by molar-refractivity contribution is 6.15. The second-order valence-electron chi connectivity index (χ2n) is 7.19. The molecule has 5 heteroatoms. The van der Waals surface area contributed by atoms with Crippen molar-refractivity contribution in [1.82, 2.24) is 19.7 Å². The van der Waals surface area contributed by atoms with Gasteiger partial charge in [-0.2, -0.15) is 0 Å². The van der Waals surface area contributed by atoms with Crippen LogP contribution in [0.2, 0.25) is 0 Å². The zero-order valence-electron chi connectivity index (χ0n) is 16.7. The minimum Gasteiger partial charge on any atom is -0.296 e. The third-order valence-corrected chi connectivity index (χ3v) is 5.07. The van der Waals surface area contributed by atoms with Gasteiger partial charge < -0.3 is 0 Å². The summed E-state index contributed by atoms with van der Waals surface area (Å²) in [4.78, 5) is 7.38. The number of aromatic nitrogens is 3. The van der Waals surface area contributed by atoms with Gasteiger partial charge in [-0.05, 0) is 32.0 Å². The molecule has 0 unspecified atom stereocenters. The Kier molecular flexibility index (Phi) is 5.63. The summed E-state index contributed by atoms with van der Waals surface area (Å²) in [7, 11) is 0. The molecule has 0 spiro atoms. The summed E-state index contributed by atoms with van der Waals surface area (Å²) in [5.74, 6) is 1.90. The molecule has 28 heavy (non-hydrogen) atoms. The van der Waals surface area contributed by atoms with Crippen LogP contribution in [0.15, 0.2) is 59.6 Å². The molecule has 0 fully saturated rings. The van der Waals surface area contributed by atoms with Crippen LogP contribution in [0.4, 0.5) is 0 Å². The maximum Gasteiger partial charge on any atom is 0.159 e. The molecule has 0 saturated carbocycles. The van der Waals surface area contributed by atoms with Crippen LogP contribution < -0.4 is 0 Å². The third kappa shape index (κ3) is 3.62. The van der Waals surface area contributed by atoms with E-state index in [1.165, 1.54) is 0 Å². The minimum absolute atomic E-state index is 0.535. The fraction of sp³-hybridized carbons (Fsp3) is 0.348. The van der Waals surface area contributed by atoms with Gasteiger partial charge in [0.05, 0.1) is 17.9 Å². The predicted molar refractivity (Wildman–Crippen MR) is 113 cm³/mol. The first kappa shape index (κ1) is 18.6. The molecule has 2 heterocycles. The van der Waals surface area contributed by atoms with E-state index in [0.29, 0.717) is 6.54 Å². The zero-order chi connectivity index (χ0) is 19.3. The van der Waals surface area contributed by atoms with Crippen molar-refractivity contribution in [3.8, 4) is 5.69 Å². The molecule has 0 amide bonds. The molecule has 2 aromatic carbocycles. The van der Waals surface area contributed by atoms with Gasteiger partial charge in [-0.3, -0.25) is 14.5 Å². The van der Waals surface area contributed by atoms with Crippen LogP contribution in [0.1, 0.15) is 49.5 Å². The molecule has 1 aliphatic heterocycles. The molecule has 4 rings (SSSR count). The lowest BCUT2D eigenvalue weighted by atomic mass is 10.0. The number of nitrogens with zero attached hydrogens (tertiary/aromatic N) is 5. The fourth-order valence-electron chi connectivity index (χ4n) is 3.89. The Bertz CT molecular complexity index is 952. The molecule has 1 aliphatic rings. The van der Waals surface area contributed by atoms with Crippen molar-refractivity contribution >= 4 is 5.71 Å². The summed E-state index contributed by atoms with van der Waals surface area (Å²) in [6, 6.07) is 18.8. The quantitative estimate of drug-likeness (QED) is 0.622. The highest BCUT2D eigenvalue weighted by atomic mass is 15.3. The van der Waals surface area contributed by atoms with Crippen molar-refractivity contribution in [3.05, 3.63) is 77.4 Å². The van der Waals surface area contributed by atoms with Crippen LogP contribution in [-0.2, 0) is 13.1 Å².